The molecule has 2 aliphatic rings. The average Bonchev–Trinajstić information content (AvgIpc) is 2.39. The highest BCUT2D eigenvalue weighted by Crippen LogP contribution is 2.39. The van der Waals surface area contributed by atoms with E-state index < -0.39 is 5.97 Å². The van der Waals surface area contributed by atoms with Crippen LogP contribution in [0.25, 0.3) is 0 Å². The lowest BCUT2D eigenvalue weighted by molar-refractivity contribution is -0.148. The summed E-state index contributed by atoms with van der Waals surface area (Å²) < 4.78 is 5.66. The van der Waals surface area contributed by atoms with Gasteiger partial charge in [0.2, 0.25) is 0 Å². The van der Waals surface area contributed by atoms with Gasteiger partial charge < -0.3 is 9.84 Å². The third kappa shape index (κ3) is 2.69. The van der Waals surface area contributed by atoms with E-state index in [0.29, 0.717) is 0 Å². The van der Waals surface area contributed by atoms with Crippen LogP contribution in [0.2, 0.25) is 0 Å². The van der Waals surface area contributed by atoms with Gasteiger partial charge in [-0.05, 0) is 38.8 Å². The Labute approximate surface area is 109 Å². The molecule has 18 heavy (non-hydrogen) atoms. The van der Waals surface area contributed by atoms with Crippen LogP contribution in [0.3, 0.4) is 0 Å². The van der Waals surface area contributed by atoms with Gasteiger partial charge in [0.05, 0.1) is 18.1 Å². The van der Waals surface area contributed by atoms with Crippen molar-refractivity contribution in [3.05, 3.63) is 0 Å². The molecule has 4 heteroatoms. The maximum Gasteiger partial charge on any atom is 0.305 e. The molecule has 2 atom stereocenters. The maximum atomic E-state index is 11.3. The van der Waals surface area contributed by atoms with Crippen molar-refractivity contribution in [2.75, 3.05) is 20.2 Å². The number of piperidine rings is 1. The molecule has 1 heterocycles. The summed E-state index contributed by atoms with van der Waals surface area (Å²) in [6, 6.07) is 0. The van der Waals surface area contributed by atoms with Crippen LogP contribution in [0.5, 0.6) is 0 Å². The minimum atomic E-state index is -0.690. The van der Waals surface area contributed by atoms with Crippen LogP contribution in [0.15, 0.2) is 0 Å². The number of carboxylic acids is 1. The number of rotatable bonds is 4. The van der Waals surface area contributed by atoms with Gasteiger partial charge in [0.1, 0.15) is 0 Å². The van der Waals surface area contributed by atoms with Crippen LogP contribution >= 0.6 is 0 Å². The zero-order chi connectivity index (χ0) is 13.0. The number of ether oxygens (including phenoxy) is 1. The summed E-state index contributed by atoms with van der Waals surface area (Å²) in [6.07, 6.45) is 8.23. The third-order valence-corrected chi connectivity index (χ3v) is 4.65. The monoisotopic (exact) mass is 255 g/mol. The van der Waals surface area contributed by atoms with Crippen LogP contribution in [0.1, 0.15) is 51.4 Å². The van der Waals surface area contributed by atoms with Crippen molar-refractivity contribution in [3.63, 3.8) is 0 Å². The SMILES string of the molecule is COC1CCCCC1(CC(=O)O)N1CCCCC1. The van der Waals surface area contributed by atoms with Crippen molar-refractivity contribution < 1.29 is 14.6 Å². The number of hydrogen-bond acceptors (Lipinski definition) is 3. The second kappa shape index (κ2) is 6.02. The topological polar surface area (TPSA) is 49.8 Å². The minimum Gasteiger partial charge on any atom is -0.481 e. The number of hydrogen-bond donors (Lipinski definition) is 1. The second-order valence-corrected chi connectivity index (χ2v) is 5.69. The highest BCUT2D eigenvalue weighted by Gasteiger charge is 2.47. The molecule has 0 spiro atoms. The summed E-state index contributed by atoms with van der Waals surface area (Å²) in [5.74, 6) is -0.690. The fraction of sp³-hybridized carbons (Fsp3) is 0.929. The van der Waals surface area contributed by atoms with Gasteiger partial charge in [-0.1, -0.05) is 19.3 Å². The van der Waals surface area contributed by atoms with E-state index in [-0.39, 0.29) is 18.1 Å². The van der Waals surface area contributed by atoms with Gasteiger partial charge >= 0.3 is 5.97 Å². The molecule has 1 saturated carbocycles. The first kappa shape index (κ1) is 13.8. The molecule has 0 aromatic rings. The molecule has 1 aliphatic carbocycles. The standard InChI is InChI=1S/C14H25NO3/c1-18-12-7-3-4-8-14(12,11-13(16)17)15-9-5-2-6-10-15/h12H,2-11H2,1H3,(H,16,17). The van der Waals surface area contributed by atoms with Gasteiger partial charge in [-0.3, -0.25) is 9.69 Å². The predicted octanol–water partition coefficient (Wildman–Crippen LogP) is 2.27. The van der Waals surface area contributed by atoms with E-state index in [1.165, 1.54) is 19.3 Å². The van der Waals surface area contributed by atoms with Gasteiger partial charge in [-0.25, -0.2) is 0 Å². The Morgan fingerprint density at radius 1 is 1.28 bits per heavy atom. The summed E-state index contributed by atoms with van der Waals surface area (Å²) in [5.41, 5.74) is -0.251. The minimum absolute atomic E-state index is 0.0837. The number of aliphatic carboxylic acids is 1. The number of carbonyl (C=O) groups is 1. The second-order valence-electron chi connectivity index (χ2n) is 5.69. The molecule has 4 nitrogen and oxygen atoms in total. The average molecular weight is 255 g/mol. The molecule has 1 N–H and O–H groups in total. The molecule has 2 rings (SSSR count). The van der Waals surface area contributed by atoms with Crippen molar-refractivity contribution >= 4 is 5.97 Å². The van der Waals surface area contributed by atoms with E-state index in [9.17, 15) is 9.90 Å². The molecule has 0 aromatic heterocycles. The van der Waals surface area contributed by atoms with Crippen LogP contribution < -0.4 is 0 Å². The highest BCUT2D eigenvalue weighted by atomic mass is 16.5. The van der Waals surface area contributed by atoms with E-state index in [1.54, 1.807) is 7.11 Å². The van der Waals surface area contributed by atoms with Gasteiger partial charge in [-0.2, -0.15) is 0 Å². The Hall–Kier alpha value is -0.610. The van der Waals surface area contributed by atoms with Crippen LogP contribution in [-0.2, 0) is 9.53 Å². The summed E-state index contributed by atoms with van der Waals surface area (Å²) in [5, 5.41) is 9.29. The van der Waals surface area contributed by atoms with Gasteiger partial charge in [0.25, 0.3) is 0 Å². The molecule has 0 aromatic carbocycles. The molecule has 0 bridgehead atoms. The molecule has 2 unspecified atom stereocenters. The fourth-order valence-corrected chi connectivity index (χ4v) is 3.80. The largest absolute Gasteiger partial charge is 0.481 e. The summed E-state index contributed by atoms with van der Waals surface area (Å²) in [6.45, 7) is 2.07. The van der Waals surface area contributed by atoms with Crippen molar-refractivity contribution in [2.24, 2.45) is 0 Å². The Morgan fingerprint density at radius 3 is 2.61 bits per heavy atom. The molecule has 1 aliphatic heterocycles. The first-order valence-electron chi connectivity index (χ1n) is 7.19. The number of carboxylic acid groups (broad SMARTS) is 1. The third-order valence-electron chi connectivity index (χ3n) is 4.65. The van der Waals surface area contributed by atoms with E-state index in [1.807, 2.05) is 0 Å². The molecule has 0 radical (unpaired) electrons. The first-order valence-corrected chi connectivity index (χ1v) is 7.19. The Balaban J connectivity index is 2.21. The smallest absolute Gasteiger partial charge is 0.305 e. The van der Waals surface area contributed by atoms with E-state index in [0.717, 1.165) is 38.8 Å². The number of nitrogens with zero attached hydrogens (tertiary/aromatic N) is 1. The van der Waals surface area contributed by atoms with E-state index in [2.05, 4.69) is 4.90 Å². The van der Waals surface area contributed by atoms with Crippen LogP contribution in [0, 0.1) is 0 Å². The molecular formula is C14H25NO3. The number of methoxy groups -OCH3 is 1. The van der Waals surface area contributed by atoms with E-state index >= 15 is 0 Å². The van der Waals surface area contributed by atoms with Crippen molar-refractivity contribution in [1.82, 2.24) is 4.90 Å². The van der Waals surface area contributed by atoms with Gasteiger partial charge in [0, 0.05) is 7.11 Å². The van der Waals surface area contributed by atoms with Crippen LogP contribution in [-0.4, -0.2) is 47.8 Å². The quantitative estimate of drug-likeness (QED) is 0.837. The zero-order valence-electron chi connectivity index (χ0n) is 11.4. The molecule has 1 saturated heterocycles. The van der Waals surface area contributed by atoms with Crippen LogP contribution in [0.4, 0.5) is 0 Å². The summed E-state index contributed by atoms with van der Waals surface area (Å²) >= 11 is 0. The van der Waals surface area contributed by atoms with Crippen molar-refractivity contribution in [3.8, 4) is 0 Å². The lowest BCUT2D eigenvalue weighted by atomic mass is 9.74. The number of likely N-dealkylation sites (tertiary alicyclic amines) is 1. The Kier molecular flexibility index (Phi) is 4.62. The lowest BCUT2D eigenvalue weighted by Gasteiger charge is -2.51. The summed E-state index contributed by atoms with van der Waals surface area (Å²) in [7, 11) is 1.73. The van der Waals surface area contributed by atoms with Crippen molar-refractivity contribution in [1.29, 1.82) is 0 Å². The van der Waals surface area contributed by atoms with Gasteiger partial charge in [-0.15, -0.1) is 0 Å². The molecular weight excluding hydrogens is 230 g/mol. The maximum absolute atomic E-state index is 11.3. The Bertz CT molecular complexity index is 289. The van der Waals surface area contributed by atoms with E-state index in [4.69, 9.17) is 4.74 Å². The zero-order valence-corrected chi connectivity index (χ0v) is 11.4. The van der Waals surface area contributed by atoms with Crippen molar-refractivity contribution in [2.45, 2.75) is 63.0 Å². The Morgan fingerprint density at radius 2 is 2.00 bits per heavy atom. The molecule has 0 amide bonds. The normalized spacial score (nSPS) is 34.4. The lowest BCUT2D eigenvalue weighted by Crippen LogP contribution is -2.61. The first-order chi connectivity index (χ1) is 8.69. The summed E-state index contributed by atoms with van der Waals surface area (Å²) in [4.78, 5) is 13.7. The predicted molar refractivity (Wildman–Crippen MR) is 69.7 cm³/mol. The molecule has 104 valence electrons. The highest BCUT2D eigenvalue weighted by molar-refractivity contribution is 5.68. The molecule has 2 fully saturated rings. The van der Waals surface area contributed by atoms with Gasteiger partial charge in [0.15, 0.2) is 0 Å². The fourth-order valence-electron chi connectivity index (χ4n) is 3.80.